The minimum Gasteiger partial charge on any atom is -0.376 e. The molecule has 1 fully saturated rings. The molecule has 3 heteroatoms. The second kappa shape index (κ2) is 5.82. The van der Waals surface area contributed by atoms with E-state index < -0.39 is 0 Å². The number of hydrogen-bond donors (Lipinski definition) is 0. The highest BCUT2D eigenvalue weighted by atomic mass is 16.5. The van der Waals surface area contributed by atoms with E-state index in [0.29, 0.717) is 6.10 Å². The maximum absolute atomic E-state index is 11.0. The third-order valence-electron chi connectivity index (χ3n) is 3.23. The van der Waals surface area contributed by atoms with Gasteiger partial charge >= 0.3 is 0 Å². The van der Waals surface area contributed by atoms with Crippen LogP contribution in [0.2, 0.25) is 0 Å². The zero-order chi connectivity index (χ0) is 12.1. The van der Waals surface area contributed by atoms with E-state index in [1.807, 2.05) is 24.3 Å². The van der Waals surface area contributed by atoms with Crippen molar-refractivity contribution in [1.82, 2.24) is 0 Å². The maximum Gasteiger partial charge on any atom is 0.152 e. The van der Waals surface area contributed by atoms with E-state index in [0.717, 1.165) is 50.1 Å². The van der Waals surface area contributed by atoms with Crippen molar-refractivity contribution in [2.75, 3.05) is 24.6 Å². The first-order chi connectivity index (χ1) is 8.35. The van der Waals surface area contributed by atoms with Crippen molar-refractivity contribution in [3.8, 4) is 0 Å². The summed E-state index contributed by atoms with van der Waals surface area (Å²) in [4.78, 5) is 13.2. The zero-order valence-electron chi connectivity index (χ0n) is 10.3. The molecule has 1 saturated heterocycles. The Hall–Kier alpha value is -1.35. The van der Waals surface area contributed by atoms with Crippen molar-refractivity contribution >= 4 is 12.0 Å². The highest BCUT2D eigenvalue weighted by Gasteiger charge is 2.19. The maximum atomic E-state index is 11.0. The van der Waals surface area contributed by atoms with Gasteiger partial charge in [0.25, 0.3) is 0 Å². The van der Waals surface area contributed by atoms with Crippen LogP contribution in [-0.2, 0) is 4.74 Å². The van der Waals surface area contributed by atoms with Gasteiger partial charge < -0.3 is 9.64 Å². The van der Waals surface area contributed by atoms with Gasteiger partial charge in [-0.1, -0.05) is 12.1 Å². The summed E-state index contributed by atoms with van der Waals surface area (Å²) in [5.74, 6) is 0. The first-order valence-electron chi connectivity index (χ1n) is 6.26. The van der Waals surface area contributed by atoms with Crippen LogP contribution < -0.4 is 4.90 Å². The van der Waals surface area contributed by atoms with Crippen LogP contribution in [0.15, 0.2) is 24.3 Å². The third-order valence-corrected chi connectivity index (χ3v) is 3.23. The van der Waals surface area contributed by atoms with E-state index in [-0.39, 0.29) is 0 Å². The molecule has 0 bridgehead atoms. The SMILES string of the molecule is CCN(CC1CCCO1)c1ccccc1C=O. The van der Waals surface area contributed by atoms with Gasteiger partial charge in [0.2, 0.25) is 0 Å². The molecule has 0 aromatic heterocycles. The van der Waals surface area contributed by atoms with Gasteiger partial charge in [-0.3, -0.25) is 4.79 Å². The monoisotopic (exact) mass is 233 g/mol. The highest BCUT2D eigenvalue weighted by molar-refractivity contribution is 5.84. The van der Waals surface area contributed by atoms with Gasteiger partial charge in [0.15, 0.2) is 6.29 Å². The predicted octanol–water partition coefficient (Wildman–Crippen LogP) is 2.50. The lowest BCUT2D eigenvalue weighted by Gasteiger charge is -2.27. The lowest BCUT2D eigenvalue weighted by atomic mass is 10.1. The average Bonchev–Trinajstić information content (AvgIpc) is 2.89. The summed E-state index contributed by atoms with van der Waals surface area (Å²) >= 11 is 0. The number of rotatable bonds is 5. The number of nitrogens with zero attached hydrogens (tertiary/aromatic N) is 1. The molecule has 0 radical (unpaired) electrons. The van der Waals surface area contributed by atoms with Crippen molar-refractivity contribution in [3.63, 3.8) is 0 Å². The minimum atomic E-state index is 0.314. The van der Waals surface area contributed by atoms with Gasteiger partial charge in [-0.05, 0) is 31.9 Å². The first kappa shape index (κ1) is 12.1. The number of ether oxygens (including phenoxy) is 1. The lowest BCUT2D eigenvalue weighted by Crippen LogP contribution is -2.32. The van der Waals surface area contributed by atoms with Crippen LogP contribution >= 0.6 is 0 Å². The van der Waals surface area contributed by atoms with Crippen LogP contribution in [0, 0.1) is 0 Å². The topological polar surface area (TPSA) is 29.5 Å². The van der Waals surface area contributed by atoms with Gasteiger partial charge in [0.05, 0.1) is 6.10 Å². The summed E-state index contributed by atoms with van der Waals surface area (Å²) in [5.41, 5.74) is 1.77. The third kappa shape index (κ3) is 2.86. The summed E-state index contributed by atoms with van der Waals surface area (Å²) in [6, 6.07) is 7.73. The molecule has 17 heavy (non-hydrogen) atoms. The fraction of sp³-hybridized carbons (Fsp3) is 0.500. The Bertz CT molecular complexity index is 372. The number of aldehydes is 1. The summed E-state index contributed by atoms with van der Waals surface area (Å²) < 4.78 is 5.65. The normalized spacial score (nSPS) is 19.2. The van der Waals surface area contributed by atoms with Gasteiger partial charge in [0.1, 0.15) is 0 Å². The Kier molecular flexibility index (Phi) is 4.15. The molecule has 1 aliphatic heterocycles. The summed E-state index contributed by atoms with van der Waals surface area (Å²) in [6.07, 6.45) is 3.51. The first-order valence-corrected chi connectivity index (χ1v) is 6.26. The van der Waals surface area contributed by atoms with Crippen molar-refractivity contribution in [2.45, 2.75) is 25.9 Å². The Labute approximate surface area is 102 Å². The van der Waals surface area contributed by atoms with E-state index in [4.69, 9.17) is 4.74 Å². The van der Waals surface area contributed by atoms with Crippen molar-refractivity contribution in [1.29, 1.82) is 0 Å². The lowest BCUT2D eigenvalue weighted by molar-refractivity contribution is 0.111. The Morgan fingerprint density at radius 3 is 2.94 bits per heavy atom. The second-order valence-corrected chi connectivity index (χ2v) is 4.35. The fourth-order valence-corrected chi connectivity index (χ4v) is 2.31. The van der Waals surface area contributed by atoms with E-state index in [2.05, 4.69) is 11.8 Å². The molecule has 1 heterocycles. The van der Waals surface area contributed by atoms with E-state index in [1.54, 1.807) is 0 Å². The molecule has 1 atom stereocenters. The van der Waals surface area contributed by atoms with Crippen molar-refractivity contribution < 1.29 is 9.53 Å². The molecular formula is C14H19NO2. The molecule has 0 amide bonds. The van der Waals surface area contributed by atoms with Gasteiger partial charge in [-0.25, -0.2) is 0 Å². The molecule has 92 valence electrons. The molecule has 2 rings (SSSR count). The molecule has 0 spiro atoms. The predicted molar refractivity (Wildman–Crippen MR) is 68.7 cm³/mol. The van der Waals surface area contributed by atoms with Crippen LogP contribution in [-0.4, -0.2) is 32.1 Å². The zero-order valence-corrected chi connectivity index (χ0v) is 10.3. The molecule has 0 saturated carbocycles. The van der Waals surface area contributed by atoms with Gasteiger partial charge in [0, 0.05) is 30.9 Å². The Balaban J connectivity index is 2.13. The number of anilines is 1. The number of carbonyl (C=O) groups excluding carboxylic acids is 1. The average molecular weight is 233 g/mol. The molecule has 0 N–H and O–H groups in total. The van der Waals surface area contributed by atoms with Crippen LogP contribution in [0.4, 0.5) is 5.69 Å². The molecular weight excluding hydrogens is 214 g/mol. The van der Waals surface area contributed by atoms with Gasteiger partial charge in [-0.2, -0.15) is 0 Å². The van der Waals surface area contributed by atoms with E-state index >= 15 is 0 Å². The van der Waals surface area contributed by atoms with Crippen LogP contribution in [0.25, 0.3) is 0 Å². The summed E-state index contributed by atoms with van der Waals surface area (Å²) in [7, 11) is 0. The number of carbonyl (C=O) groups is 1. The number of para-hydroxylation sites is 1. The van der Waals surface area contributed by atoms with Crippen LogP contribution in [0.3, 0.4) is 0 Å². The van der Waals surface area contributed by atoms with Crippen LogP contribution in [0.5, 0.6) is 0 Å². The molecule has 3 nitrogen and oxygen atoms in total. The number of hydrogen-bond acceptors (Lipinski definition) is 3. The Morgan fingerprint density at radius 1 is 1.47 bits per heavy atom. The van der Waals surface area contributed by atoms with Crippen LogP contribution in [0.1, 0.15) is 30.1 Å². The number of likely N-dealkylation sites (N-methyl/N-ethyl adjacent to an activating group) is 1. The summed E-state index contributed by atoms with van der Waals surface area (Å²) in [6.45, 7) is 4.75. The molecule has 1 unspecified atom stereocenters. The molecule has 0 aliphatic carbocycles. The molecule has 1 aromatic carbocycles. The quantitative estimate of drug-likeness (QED) is 0.732. The van der Waals surface area contributed by atoms with E-state index in [9.17, 15) is 4.79 Å². The minimum absolute atomic E-state index is 0.314. The van der Waals surface area contributed by atoms with Crippen molar-refractivity contribution in [3.05, 3.63) is 29.8 Å². The second-order valence-electron chi connectivity index (χ2n) is 4.35. The number of benzene rings is 1. The molecule has 1 aliphatic rings. The highest BCUT2D eigenvalue weighted by Crippen LogP contribution is 2.21. The van der Waals surface area contributed by atoms with E-state index in [1.165, 1.54) is 0 Å². The fourth-order valence-electron chi connectivity index (χ4n) is 2.31. The molecule has 1 aromatic rings. The smallest absolute Gasteiger partial charge is 0.152 e. The van der Waals surface area contributed by atoms with Crippen molar-refractivity contribution in [2.24, 2.45) is 0 Å². The summed E-state index contributed by atoms with van der Waals surface area (Å²) in [5, 5.41) is 0. The standard InChI is InChI=1S/C14H19NO2/c1-2-15(10-13-7-5-9-17-13)14-8-4-3-6-12(14)11-16/h3-4,6,8,11,13H,2,5,7,9-10H2,1H3. The van der Waals surface area contributed by atoms with Gasteiger partial charge in [-0.15, -0.1) is 0 Å². The largest absolute Gasteiger partial charge is 0.376 e. The Morgan fingerprint density at radius 2 is 2.29 bits per heavy atom.